The predicted octanol–water partition coefficient (Wildman–Crippen LogP) is 6.10. The smallest absolute Gasteiger partial charge is 0.270 e. The molecule has 0 bridgehead atoms. The van der Waals surface area contributed by atoms with E-state index in [0.29, 0.717) is 24.4 Å². The van der Waals surface area contributed by atoms with E-state index in [-0.39, 0.29) is 29.2 Å². The van der Waals surface area contributed by atoms with E-state index in [4.69, 9.17) is 0 Å². The van der Waals surface area contributed by atoms with Crippen molar-refractivity contribution in [3.63, 3.8) is 0 Å². The Morgan fingerprint density at radius 1 is 1.10 bits per heavy atom. The number of hydrogen-bond acceptors (Lipinski definition) is 6. The minimum absolute atomic E-state index is 0.125. The van der Waals surface area contributed by atoms with E-state index in [1.807, 2.05) is 12.1 Å². The van der Waals surface area contributed by atoms with Crippen LogP contribution >= 0.6 is 11.3 Å². The highest BCUT2D eigenvalue weighted by molar-refractivity contribution is 7.12. The lowest BCUT2D eigenvalue weighted by Crippen LogP contribution is -2.43. The number of aromatic amines is 1. The van der Waals surface area contributed by atoms with E-state index in [1.54, 1.807) is 23.5 Å². The number of rotatable bonds is 8. The van der Waals surface area contributed by atoms with Crippen molar-refractivity contribution in [1.82, 2.24) is 30.1 Å². The van der Waals surface area contributed by atoms with Crippen LogP contribution in [-0.4, -0.2) is 47.9 Å². The van der Waals surface area contributed by atoms with E-state index in [2.05, 4.69) is 93.6 Å². The standard InChI is InChI=1S/C31H39N7O2S/c1-20-17-24(21(2)38(20)28-7-6-16-41-28)18-27(39)37(26-14-12-25(13-15-26)31(3,4)5)19-22-8-10-23(11-9-22)29(40)32-30-33-35-36-34-30/h6-11,16-17,25-26H,12-15,18-19H2,1-5H3,(H2,32,33,34,35,36,40). The van der Waals surface area contributed by atoms with Crippen LogP contribution in [0.2, 0.25) is 0 Å². The molecule has 3 heterocycles. The van der Waals surface area contributed by atoms with Crippen molar-refractivity contribution in [3.8, 4) is 5.00 Å². The summed E-state index contributed by atoms with van der Waals surface area (Å²) in [5, 5.41) is 19.2. The van der Waals surface area contributed by atoms with Crippen molar-refractivity contribution in [2.75, 3.05) is 5.32 Å². The van der Waals surface area contributed by atoms with Crippen LogP contribution in [0.4, 0.5) is 5.95 Å². The molecule has 216 valence electrons. The maximum Gasteiger partial charge on any atom is 0.270 e. The Kier molecular flexibility index (Phi) is 8.40. The number of nitrogens with one attached hydrogen (secondary N) is 2. The first-order valence-corrected chi connectivity index (χ1v) is 15.1. The molecule has 0 atom stereocenters. The molecule has 0 saturated heterocycles. The molecule has 0 aliphatic heterocycles. The van der Waals surface area contributed by atoms with E-state index in [0.717, 1.165) is 48.2 Å². The first kappa shape index (κ1) is 28.7. The van der Waals surface area contributed by atoms with Gasteiger partial charge in [-0.05, 0) is 103 Å². The maximum atomic E-state index is 14.0. The molecule has 0 spiro atoms. The number of amides is 2. The van der Waals surface area contributed by atoms with E-state index in [9.17, 15) is 9.59 Å². The van der Waals surface area contributed by atoms with Crippen LogP contribution in [0, 0.1) is 25.2 Å². The lowest BCUT2D eigenvalue weighted by molar-refractivity contribution is -0.134. The summed E-state index contributed by atoms with van der Waals surface area (Å²) in [6.07, 6.45) is 4.63. The Balaban J connectivity index is 1.34. The van der Waals surface area contributed by atoms with Gasteiger partial charge in [0.1, 0.15) is 0 Å². The van der Waals surface area contributed by atoms with Crippen molar-refractivity contribution in [2.45, 2.75) is 79.3 Å². The number of tetrazole rings is 1. The van der Waals surface area contributed by atoms with Crippen LogP contribution in [0.15, 0.2) is 47.8 Å². The largest absolute Gasteiger partial charge is 0.335 e. The highest BCUT2D eigenvalue weighted by atomic mass is 32.1. The van der Waals surface area contributed by atoms with Gasteiger partial charge in [0, 0.05) is 29.5 Å². The van der Waals surface area contributed by atoms with Gasteiger partial charge in [-0.25, -0.2) is 0 Å². The van der Waals surface area contributed by atoms with Gasteiger partial charge < -0.3 is 9.47 Å². The van der Waals surface area contributed by atoms with E-state index >= 15 is 0 Å². The van der Waals surface area contributed by atoms with Crippen LogP contribution in [0.5, 0.6) is 0 Å². The minimum atomic E-state index is -0.313. The Bertz CT molecular complexity index is 1460. The third kappa shape index (κ3) is 6.59. The average molecular weight is 574 g/mol. The summed E-state index contributed by atoms with van der Waals surface area (Å²) in [5.41, 5.74) is 5.09. The summed E-state index contributed by atoms with van der Waals surface area (Å²) in [7, 11) is 0. The number of aryl methyl sites for hydroxylation is 1. The zero-order valence-electron chi connectivity index (χ0n) is 24.5. The molecule has 1 aliphatic rings. The first-order chi connectivity index (χ1) is 19.6. The number of H-pyrrole nitrogens is 1. The van der Waals surface area contributed by atoms with Crippen molar-refractivity contribution in [3.05, 3.63) is 75.9 Å². The number of carbonyl (C=O) groups is 2. The molecule has 1 fully saturated rings. The normalized spacial score (nSPS) is 17.4. The topological polar surface area (TPSA) is 109 Å². The first-order valence-electron chi connectivity index (χ1n) is 14.2. The van der Waals surface area contributed by atoms with Gasteiger partial charge in [-0.3, -0.25) is 14.9 Å². The quantitative estimate of drug-likeness (QED) is 0.265. The number of anilines is 1. The summed E-state index contributed by atoms with van der Waals surface area (Å²) in [6, 6.07) is 13.9. The van der Waals surface area contributed by atoms with Gasteiger partial charge in [-0.15, -0.1) is 16.4 Å². The van der Waals surface area contributed by atoms with Crippen LogP contribution in [0.25, 0.3) is 5.00 Å². The molecular weight excluding hydrogens is 534 g/mol. The van der Waals surface area contributed by atoms with Crippen LogP contribution in [0.1, 0.15) is 79.3 Å². The molecule has 0 radical (unpaired) electrons. The third-order valence-electron chi connectivity index (χ3n) is 8.43. The molecule has 1 saturated carbocycles. The molecule has 1 aromatic carbocycles. The highest BCUT2D eigenvalue weighted by Gasteiger charge is 2.34. The summed E-state index contributed by atoms with van der Waals surface area (Å²) in [4.78, 5) is 28.7. The van der Waals surface area contributed by atoms with Crippen LogP contribution in [0.3, 0.4) is 0 Å². The van der Waals surface area contributed by atoms with E-state index in [1.165, 1.54) is 5.00 Å². The monoisotopic (exact) mass is 573 g/mol. The molecule has 10 heteroatoms. The molecule has 1 aliphatic carbocycles. The van der Waals surface area contributed by atoms with Crippen molar-refractivity contribution in [1.29, 1.82) is 0 Å². The Morgan fingerprint density at radius 3 is 2.44 bits per heavy atom. The Morgan fingerprint density at radius 2 is 1.83 bits per heavy atom. The minimum Gasteiger partial charge on any atom is -0.335 e. The lowest BCUT2D eigenvalue weighted by atomic mass is 9.71. The van der Waals surface area contributed by atoms with Crippen molar-refractivity contribution in [2.24, 2.45) is 11.3 Å². The number of benzene rings is 1. The van der Waals surface area contributed by atoms with Gasteiger partial charge in [0.2, 0.25) is 5.91 Å². The number of aromatic nitrogens is 5. The number of hydrogen-bond donors (Lipinski definition) is 2. The number of nitrogens with zero attached hydrogens (tertiary/aromatic N) is 5. The van der Waals surface area contributed by atoms with Gasteiger partial charge >= 0.3 is 0 Å². The van der Waals surface area contributed by atoms with Gasteiger partial charge in [-0.2, -0.15) is 5.21 Å². The summed E-state index contributed by atoms with van der Waals surface area (Å²) >= 11 is 1.70. The van der Waals surface area contributed by atoms with Gasteiger partial charge in [0.05, 0.1) is 11.4 Å². The molecule has 9 nitrogen and oxygen atoms in total. The van der Waals surface area contributed by atoms with Crippen molar-refractivity contribution >= 4 is 29.1 Å². The summed E-state index contributed by atoms with van der Waals surface area (Å²) in [6.45, 7) is 11.7. The zero-order valence-corrected chi connectivity index (χ0v) is 25.3. The second-order valence-corrected chi connectivity index (χ2v) is 13.1. The zero-order chi connectivity index (χ0) is 29.1. The average Bonchev–Trinajstić information content (AvgIpc) is 3.70. The SMILES string of the molecule is Cc1cc(CC(=O)N(Cc2ccc(C(=O)Nc3nn[nH]n3)cc2)C2CCC(C(C)(C)C)CC2)c(C)n1-c1cccs1. The molecule has 4 aromatic rings. The van der Waals surface area contributed by atoms with Crippen LogP contribution < -0.4 is 5.32 Å². The summed E-state index contributed by atoms with van der Waals surface area (Å²) in [5.74, 6) is 0.625. The lowest BCUT2D eigenvalue weighted by Gasteiger charge is -2.41. The predicted molar refractivity (Wildman–Crippen MR) is 161 cm³/mol. The highest BCUT2D eigenvalue weighted by Crippen LogP contribution is 2.39. The van der Waals surface area contributed by atoms with Gasteiger partial charge in [0.25, 0.3) is 11.9 Å². The molecule has 2 amide bonds. The fourth-order valence-electron chi connectivity index (χ4n) is 6.03. The molecule has 5 rings (SSSR count). The molecule has 2 N–H and O–H groups in total. The third-order valence-corrected chi connectivity index (χ3v) is 9.28. The fourth-order valence-corrected chi connectivity index (χ4v) is 6.87. The number of thiophene rings is 1. The molecule has 41 heavy (non-hydrogen) atoms. The van der Waals surface area contributed by atoms with Gasteiger partial charge in [-0.1, -0.05) is 38.0 Å². The molecule has 0 unspecified atom stereocenters. The van der Waals surface area contributed by atoms with Crippen molar-refractivity contribution < 1.29 is 9.59 Å². The number of carbonyl (C=O) groups excluding carboxylic acids is 2. The van der Waals surface area contributed by atoms with E-state index < -0.39 is 0 Å². The molecule has 3 aromatic heterocycles. The maximum absolute atomic E-state index is 14.0. The van der Waals surface area contributed by atoms with Gasteiger partial charge in [0.15, 0.2) is 0 Å². The fraction of sp³-hybridized carbons (Fsp3) is 0.452. The second-order valence-electron chi connectivity index (χ2n) is 12.1. The second kappa shape index (κ2) is 12.0. The molecular formula is C31H39N7O2S. The Labute approximate surface area is 245 Å². The van der Waals surface area contributed by atoms with Crippen LogP contribution in [-0.2, 0) is 17.8 Å². The Hall–Kier alpha value is -3.79. The summed E-state index contributed by atoms with van der Waals surface area (Å²) < 4.78 is 2.24.